The van der Waals surface area contributed by atoms with E-state index in [-0.39, 0.29) is 11.8 Å². The van der Waals surface area contributed by atoms with E-state index in [4.69, 9.17) is 14.2 Å². The molecule has 0 radical (unpaired) electrons. The van der Waals surface area contributed by atoms with Crippen molar-refractivity contribution in [2.45, 2.75) is 25.8 Å². The second-order valence-electron chi connectivity index (χ2n) is 6.22. The van der Waals surface area contributed by atoms with Gasteiger partial charge in [0.05, 0.1) is 27.1 Å². The van der Waals surface area contributed by atoms with Crippen molar-refractivity contribution < 1.29 is 22.6 Å². The van der Waals surface area contributed by atoms with E-state index in [2.05, 4.69) is 15.6 Å². The molecule has 0 fully saturated rings. The second kappa shape index (κ2) is 10.9. The normalized spacial score (nSPS) is 13.0. The van der Waals surface area contributed by atoms with E-state index in [0.717, 1.165) is 5.56 Å². The Bertz CT molecular complexity index is 710. The molecule has 1 aromatic carbocycles. The van der Waals surface area contributed by atoms with E-state index in [9.17, 15) is 8.42 Å². The van der Waals surface area contributed by atoms with Crippen molar-refractivity contribution in [1.82, 2.24) is 10.6 Å². The van der Waals surface area contributed by atoms with Crippen LogP contribution in [0, 0.1) is 0 Å². The molecule has 0 aliphatic heterocycles. The number of nitrogens with zero attached hydrogens (tertiary/aromatic N) is 1. The highest BCUT2D eigenvalue weighted by Crippen LogP contribution is 2.34. The van der Waals surface area contributed by atoms with Crippen LogP contribution in [0.4, 0.5) is 0 Å². The lowest BCUT2D eigenvalue weighted by atomic mass is 10.1. The van der Waals surface area contributed by atoms with Crippen LogP contribution in [0.2, 0.25) is 0 Å². The number of methoxy groups -OCH3 is 3. The summed E-state index contributed by atoms with van der Waals surface area (Å²) in [7, 11) is 3.51. The number of hydrogen-bond acceptors (Lipinski definition) is 6. The van der Waals surface area contributed by atoms with E-state index >= 15 is 0 Å². The van der Waals surface area contributed by atoms with E-state index < -0.39 is 9.84 Å². The third kappa shape index (κ3) is 7.94. The molecule has 9 heteroatoms. The molecular formula is C18H31N3O5S. The monoisotopic (exact) mass is 401 g/mol. The number of hydrogen-bond donors (Lipinski definition) is 2. The van der Waals surface area contributed by atoms with Gasteiger partial charge in [-0.2, -0.15) is 0 Å². The molecule has 1 atom stereocenters. The van der Waals surface area contributed by atoms with Crippen LogP contribution >= 0.6 is 0 Å². The topological polar surface area (TPSA) is 98.2 Å². The maximum absolute atomic E-state index is 11.3. The van der Waals surface area contributed by atoms with Crippen LogP contribution in [-0.4, -0.2) is 67.3 Å². The van der Waals surface area contributed by atoms with Crippen molar-refractivity contribution >= 4 is 15.8 Å². The first-order chi connectivity index (χ1) is 12.7. The molecule has 0 bridgehead atoms. The van der Waals surface area contributed by atoms with Gasteiger partial charge in [-0.1, -0.05) is 0 Å². The Morgan fingerprint density at radius 1 is 1.15 bits per heavy atom. The lowest BCUT2D eigenvalue weighted by Gasteiger charge is -2.19. The molecule has 1 rings (SSSR count). The predicted molar refractivity (Wildman–Crippen MR) is 108 cm³/mol. The number of nitrogens with one attached hydrogen (secondary N) is 2. The minimum absolute atomic E-state index is 0.0176. The SMILES string of the molecule is CN=C(NCCc1c(OC)cc(OC)cc1OC)NC(C)CCS(C)(=O)=O. The summed E-state index contributed by atoms with van der Waals surface area (Å²) in [5.74, 6) is 2.80. The standard InChI is InChI=1S/C18H31N3O5S/c1-13(8-10-27(6,22)23)21-18(19-2)20-9-7-15-16(25-4)11-14(24-3)12-17(15)26-5/h11-13H,7-10H2,1-6H3,(H2,19,20,21). The molecule has 2 N–H and O–H groups in total. The first kappa shape index (κ1) is 22.9. The van der Waals surface area contributed by atoms with Crippen LogP contribution in [0.5, 0.6) is 17.2 Å². The Kier molecular flexibility index (Phi) is 9.20. The molecule has 0 saturated carbocycles. The largest absolute Gasteiger partial charge is 0.496 e. The molecule has 0 aromatic heterocycles. The number of sulfone groups is 1. The molecule has 0 spiro atoms. The molecule has 0 aliphatic carbocycles. The summed E-state index contributed by atoms with van der Waals surface area (Å²) < 4.78 is 38.7. The van der Waals surface area contributed by atoms with Gasteiger partial charge in [0.1, 0.15) is 27.1 Å². The fourth-order valence-corrected chi connectivity index (χ4v) is 3.30. The smallest absolute Gasteiger partial charge is 0.191 e. The zero-order valence-electron chi connectivity index (χ0n) is 17.0. The van der Waals surface area contributed by atoms with Crippen LogP contribution in [-0.2, 0) is 16.3 Å². The molecule has 0 aliphatic rings. The van der Waals surface area contributed by atoms with E-state index in [1.165, 1.54) is 6.26 Å². The van der Waals surface area contributed by atoms with Crippen molar-refractivity contribution in [3.05, 3.63) is 17.7 Å². The van der Waals surface area contributed by atoms with Crippen molar-refractivity contribution in [2.24, 2.45) is 4.99 Å². The fourth-order valence-electron chi connectivity index (χ4n) is 2.52. The van der Waals surface area contributed by atoms with Gasteiger partial charge in [0.2, 0.25) is 0 Å². The van der Waals surface area contributed by atoms with Crippen molar-refractivity contribution in [3.63, 3.8) is 0 Å². The maximum atomic E-state index is 11.3. The molecule has 0 amide bonds. The zero-order chi connectivity index (χ0) is 20.4. The molecule has 0 saturated heterocycles. The minimum atomic E-state index is -2.97. The van der Waals surface area contributed by atoms with E-state index in [1.54, 1.807) is 28.4 Å². The summed E-state index contributed by atoms with van der Waals surface area (Å²) in [5.41, 5.74) is 0.925. The van der Waals surface area contributed by atoms with Gasteiger partial charge >= 0.3 is 0 Å². The van der Waals surface area contributed by atoms with Gasteiger partial charge in [0, 0.05) is 43.6 Å². The van der Waals surface area contributed by atoms with E-state index in [0.29, 0.717) is 42.6 Å². The number of guanidine groups is 1. The van der Waals surface area contributed by atoms with Gasteiger partial charge in [-0.05, 0) is 19.8 Å². The Balaban J connectivity index is 2.67. The number of benzene rings is 1. The van der Waals surface area contributed by atoms with Crippen LogP contribution in [0.25, 0.3) is 0 Å². The summed E-state index contributed by atoms with van der Waals surface area (Å²) in [6.07, 6.45) is 2.40. The lowest BCUT2D eigenvalue weighted by Crippen LogP contribution is -2.43. The Labute approximate surface area is 162 Å². The molecular weight excluding hydrogens is 370 g/mol. The highest BCUT2D eigenvalue weighted by atomic mass is 32.2. The molecule has 1 unspecified atom stereocenters. The first-order valence-corrected chi connectivity index (χ1v) is 10.7. The number of rotatable bonds is 10. The average molecular weight is 402 g/mol. The zero-order valence-corrected chi connectivity index (χ0v) is 17.8. The predicted octanol–water partition coefficient (Wildman–Crippen LogP) is 1.24. The van der Waals surface area contributed by atoms with Crippen molar-refractivity contribution in [1.29, 1.82) is 0 Å². The van der Waals surface area contributed by atoms with Crippen LogP contribution < -0.4 is 24.8 Å². The lowest BCUT2D eigenvalue weighted by molar-refractivity contribution is 0.368. The van der Waals surface area contributed by atoms with Gasteiger partial charge < -0.3 is 24.8 Å². The third-order valence-electron chi connectivity index (χ3n) is 4.01. The van der Waals surface area contributed by atoms with Crippen LogP contribution in [0.1, 0.15) is 18.9 Å². The van der Waals surface area contributed by atoms with Gasteiger partial charge in [0.15, 0.2) is 5.96 Å². The molecule has 8 nitrogen and oxygen atoms in total. The summed E-state index contributed by atoms with van der Waals surface area (Å²) >= 11 is 0. The Morgan fingerprint density at radius 2 is 1.74 bits per heavy atom. The summed E-state index contributed by atoms with van der Waals surface area (Å²) in [6, 6.07) is 3.62. The fraction of sp³-hybridized carbons (Fsp3) is 0.611. The van der Waals surface area contributed by atoms with Gasteiger partial charge in [0.25, 0.3) is 0 Å². The Morgan fingerprint density at radius 3 is 2.19 bits per heavy atom. The number of ether oxygens (including phenoxy) is 3. The summed E-state index contributed by atoms with van der Waals surface area (Å²) in [5, 5.41) is 6.42. The van der Waals surface area contributed by atoms with Crippen molar-refractivity contribution in [2.75, 3.05) is 46.9 Å². The summed E-state index contributed by atoms with van der Waals surface area (Å²) in [6.45, 7) is 2.52. The maximum Gasteiger partial charge on any atom is 0.191 e. The van der Waals surface area contributed by atoms with Gasteiger partial charge in [-0.15, -0.1) is 0 Å². The second-order valence-corrected chi connectivity index (χ2v) is 8.48. The third-order valence-corrected chi connectivity index (χ3v) is 4.99. The van der Waals surface area contributed by atoms with Gasteiger partial charge in [-0.3, -0.25) is 4.99 Å². The highest BCUT2D eigenvalue weighted by molar-refractivity contribution is 7.90. The molecule has 154 valence electrons. The molecule has 27 heavy (non-hydrogen) atoms. The summed E-state index contributed by atoms with van der Waals surface area (Å²) in [4.78, 5) is 4.18. The van der Waals surface area contributed by atoms with Crippen LogP contribution in [0.15, 0.2) is 17.1 Å². The number of aliphatic imine (C=N–C) groups is 1. The van der Waals surface area contributed by atoms with Crippen molar-refractivity contribution in [3.8, 4) is 17.2 Å². The minimum Gasteiger partial charge on any atom is -0.496 e. The average Bonchev–Trinajstić information content (AvgIpc) is 2.64. The quantitative estimate of drug-likeness (QED) is 0.450. The molecule has 1 aromatic rings. The molecule has 0 heterocycles. The first-order valence-electron chi connectivity index (χ1n) is 8.67. The van der Waals surface area contributed by atoms with E-state index in [1.807, 2.05) is 19.1 Å². The Hall–Kier alpha value is -2.16. The van der Waals surface area contributed by atoms with Crippen LogP contribution in [0.3, 0.4) is 0 Å². The van der Waals surface area contributed by atoms with Gasteiger partial charge in [-0.25, -0.2) is 8.42 Å². The highest BCUT2D eigenvalue weighted by Gasteiger charge is 2.14.